The lowest BCUT2D eigenvalue weighted by Crippen LogP contribution is -1.99. The number of epoxide rings is 1. The van der Waals surface area contributed by atoms with Gasteiger partial charge in [-0.05, 0) is 24.1 Å². The number of anilines is 1. The first kappa shape index (κ1) is 7.62. The van der Waals surface area contributed by atoms with Gasteiger partial charge in [-0.15, -0.1) is 0 Å². The first-order chi connectivity index (χ1) is 5.77. The van der Waals surface area contributed by atoms with Crippen LogP contribution in [0.5, 0.6) is 0 Å². The third-order valence-corrected chi connectivity index (χ3v) is 2.34. The Kier molecular flexibility index (Phi) is 1.77. The van der Waals surface area contributed by atoms with Gasteiger partial charge in [0, 0.05) is 12.1 Å². The van der Waals surface area contributed by atoms with E-state index in [0.717, 1.165) is 18.7 Å². The quantitative estimate of drug-likeness (QED) is 0.530. The molecule has 1 aromatic rings. The molecule has 1 saturated heterocycles. The first-order valence-electron chi connectivity index (χ1n) is 4.23. The number of nitrogens with two attached hydrogens (primary N) is 1. The van der Waals surface area contributed by atoms with E-state index < -0.39 is 0 Å². The largest absolute Gasteiger partial charge is 0.399 e. The van der Waals surface area contributed by atoms with Crippen LogP contribution in [0.1, 0.15) is 11.1 Å². The van der Waals surface area contributed by atoms with E-state index >= 15 is 0 Å². The molecule has 0 spiro atoms. The van der Waals surface area contributed by atoms with E-state index in [1.165, 1.54) is 11.1 Å². The highest BCUT2D eigenvalue weighted by atomic mass is 16.6. The monoisotopic (exact) mass is 163 g/mol. The van der Waals surface area contributed by atoms with Gasteiger partial charge in [-0.1, -0.05) is 12.1 Å². The number of rotatable bonds is 2. The molecule has 0 amide bonds. The molecule has 2 rings (SSSR count). The van der Waals surface area contributed by atoms with Crippen LogP contribution < -0.4 is 5.73 Å². The maximum absolute atomic E-state index is 5.78. The van der Waals surface area contributed by atoms with Crippen LogP contribution in [0.25, 0.3) is 0 Å². The Bertz CT molecular complexity index is 292. The number of hydrogen-bond acceptors (Lipinski definition) is 2. The van der Waals surface area contributed by atoms with Gasteiger partial charge in [-0.2, -0.15) is 0 Å². The van der Waals surface area contributed by atoms with E-state index in [0.29, 0.717) is 6.10 Å². The highest BCUT2D eigenvalue weighted by Gasteiger charge is 2.23. The molecule has 1 atom stereocenters. The predicted octanol–water partition coefficient (Wildman–Crippen LogP) is 1.52. The second kappa shape index (κ2) is 2.79. The van der Waals surface area contributed by atoms with Gasteiger partial charge in [0.25, 0.3) is 0 Å². The van der Waals surface area contributed by atoms with Crippen molar-refractivity contribution >= 4 is 5.69 Å². The summed E-state index contributed by atoms with van der Waals surface area (Å²) >= 11 is 0. The van der Waals surface area contributed by atoms with Gasteiger partial charge >= 0.3 is 0 Å². The van der Waals surface area contributed by atoms with Gasteiger partial charge in [-0.25, -0.2) is 0 Å². The van der Waals surface area contributed by atoms with E-state index in [-0.39, 0.29) is 0 Å². The van der Waals surface area contributed by atoms with E-state index in [2.05, 4.69) is 13.0 Å². The number of nitrogen functional groups attached to an aromatic ring is 1. The number of hydrogen-bond donors (Lipinski definition) is 1. The molecule has 1 fully saturated rings. The van der Waals surface area contributed by atoms with Crippen molar-refractivity contribution in [1.29, 1.82) is 0 Å². The molecule has 0 aliphatic carbocycles. The summed E-state index contributed by atoms with van der Waals surface area (Å²) in [5, 5.41) is 0. The SMILES string of the molecule is Cc1c(N)cccc1CC1CO1. The Hall–Kier alpha value is -1.02. The fourth-order valence-electron chi connectivity index (χ4n) is 1.36. The van der Waals surface area contributed by atoms with Crippen molar-refractivity contribution in [3.05, 3.63) is 29.3 Å². The molecule has 0 bridgehead atoms. The molecule has 1 unspecified atom stereocenters. The summed E-state index contributed by atoms with van der Waals surface area (Å²) in [5.41, 5.74) is 9.18. The molecule has 2 N–H and O–H groups in total. The normalized spacial score (nSPS) is 20.9. The molecular formula is C10H13NO. The third-order valence-electron chi connectivity index (χ3n) is 2.34. The summed E-state index contributed by atoms with van der Waals surface area (Å²) in [6, 6.07) is 6.06. The summed E-state index contributed by atoms with van der Waals surface area (Å²) in [6.45, 7) is 2.97. The zero-order valence-electron chi connectivity index (χ0n) is 7.21. The molecule has 0 saturated carbocycles. The number of ether oxygens (including phenoxy) is 1. The maximum atomic E-state index is 5.78. The molecule has 12 heavy (non-hydrogen) atoms. The van der Waals surface area contributed by atoms with Gasteiger partial charge in [0.1, 0.15) is 0 Å². The lowest BCUT2D eigenvalue weighted by atomic mass is 10.0. The van der Waals surface area contributed by atoms with Crippen molar-refractivity contribution in [1.82, 2.24) is 0 Å². The Morgan fingerprint density at radius 2 is 2.33 bits per heavy atom. The molecule has 0 aromatic heterocycles. The van der Waals surface area contributed by atoms with Crippen LogP contribution in [0.4, 0.5) is 5.69 Å². The number of benzene rings is 1. The van der Waals surface area contributed by atoms with E-state index in [9.17, 15) is 0 Å². The Morgan fingerprint density at radius 1 is 1.58 bits per heavy atom. The van der Waals surface area contributed by atoms with Crippen LogP contribution >= 0.6 is 0 Å². The van der Waals surface area contributed by atoms with Crippen molar-refractivity contribution in [3.63, 3.8) is 0 Å². The summed E-state index contributed by atoms with van der Waals surface area (Å²) in [7, 11) is 0. The second-order valence-corrected chi connectivity index (χ2v) is 3.29. The van der Waals surface area contributed by atoms with E-state index in [1.807, 2.05) is 12.1 Å². The third kappa shape index (κ3) is 1.43. The minimum Gasteiger partial charge on any atom is -0.399 e. The Labute approximate surface area is 72.3 Å². The second-order valence-electron chi connectivity index (χ2n) is 3.29. The topological polar surface area (TPSA) is 38.5 Å². The minimum absolute atomic E-state index is 0.450. The summed E-state index contributed by atoms with van der Waals surface area (Å²) in [5.74, 6) is 0. The fraction of sp³-hybridized carbons (Fsp3) is 0.400. The first-order valence-corrected chi connectivity index (χ1v) is 4.23. The molecule has 1 aliphatic heterocycles. The van der Waals surface area contributed by atoms with Crippen LogP contribution in [-0.4, -0.2) is 12.7 Å². The van der Waals surface area contributed by atoms with Gasteiger partial charge in [0.05, 0.1) is 12.7 Å². The highest BCUT2D eigenvalue weighted by Crippen LogP contribution is 2.21. The lowest BCUT2D eigenvalue weighted by molar-refractivity contribution is 0.407. The summed E-state index contributed by atoms with van der Waals surface area (Å²) in [6.07, 6.45) is 1.46. The van der Waals surface area contributed by atoms with Crippen molar-refractivity contribution in [2.45, 2.75) is 19.4 Å². The molecule has 2 nitrogen and oxygen atoms in total. The standard InChI is InChI=1S/C10H13NO/c1-7-8(5-9-6-12-9)3-2-4-10(7)11/h2-4,9H,5-6,11H2,1H3. The zero-order valence-corrected chi connectivity index (χ0v) is 7.21. The van der Waals surface area contributed by atoms with Crippen LogP contribution in [0, 0.1) is 6.92 Å². The highest BCUT2D eigenvalue weighted by molar-refractivity contribution is 5.50. The molecule has 64 valence electrons. The smallest absolute Gasteiger partial charge is 0.0850 e. The van der Waals surface area contributed by atoms with Gasteiger partial charge in [0.2, 0.25) is 0 Å². The summed E-state index contributed by atoms with van der Waals surface area (Å²) in [4.78, 5) is 0. The van der Waals surface area contributed by atoms with Crippen LogP contribution in [-0.2, 0) is 11.2 Å². The summed E-state index contributed by atoms with van der Waals surface area (Å²) < 4.78 is 5.17. The Balaban J connectivity index is 2.23. The van der Waals surface area contributed by atoms with Crippen LogP contribution in [0.15, 0.2) is 18.2 Å². The zero-order chi connectivity index (χ0) is 8.55. The average Bonchev–Trinajstić information content (AvgIpc) is 2.83. The molecular weight excluding hydrogens is 150 g/mol. The van der Waals surface area contributed by atoms with Crippen molar-refractivity contribution in [2.24, 2.45) is 0 Å². The minimum atomic E-state index is 0.450. The molecule has 1 heterocycles. The maximum Gasteiger partial charge on any atom is 0.0850 e. The Morgan fingerprint density at radius 3 is 3.00 bits per heavy atom. The fourth-order valence-corrected chi connectivity index (χ4v) is 1.36. The van der Waals surface area contributed by atoms with E-state index in [1.54, 1.807) is 0 Å². The van der Waals surface area contributed by atoms with Crippen LogP contribution in [0.3, 0.4) is 0 Å². The average molecular weight is 163 g/mol. The van der Waals surface area contributed by atoms with Crippen molar-refractivity contribution < 1.29 is 4.74 Å². The van der Waals surface area contributed by atoms with Gasteiger partial charge < -0.3 is 10.5 Å². The predicted molar refractivity (Wildman–Crippen MR) is 49.0 cm³/mol. The molecule has 2 heteroatoms. The van der Waals surface area contributed by atoms with Gasteiger partial charge in [-0.3, -0.25) is 0 Å². The van der Waals surface area contributed by atoms with E-state index in [4.69, 9.17) is 10.5 Å². The lowest BCUT2D eigenvalue weighted by Gasteiger charge is -2.05. The molecule has 1 aliphatic rings. The van der Waals surface area contributed by atoms with Gasteiger partial charge in [0.15, 0.2) is 0 Å². The molecule has 1 aromatic carbocycles. The van der Waals surface area contributed by atoms with Crippen molar-refractivity contribution in [2.75, 3.05) is 12.3 Å². The van der Waals surface area contributed by atoms with Crippen LogP contribution in [0.2, 0.25) is 0 Å². The van der Waals surface area contributed by atoms with Crippen molar-refractivity contribution in [3.8, 4) is 0 Å². The molecule has 0 radical (unpaired) electrons.